The third-order valence-corrected chi connectivity index (χ3v) is 4.61. The molecule has 1 aromatic heterocycles. The van der Waals surface area contributed by atoms with E-state index in [4.69, 9.17) is 4.74 Å². The summed E-state index contributed by atoms with van der Waals surface area (Å²) in [6.45, 7) is 5.10. The fourth-order valence-electron chi connectivity index (χ4n) is 3.24. The molecule has 122 valence electrons. The molecule has 0 amide bonds. The number of Topliss-reactive ketones (excluding diaryl/α,β-unsaturated/α-hetero) is 1. The first-order valence-electron chi connectivity index (χ1n) is 8.21. The van der Waals surface area contributed by atoms with Gasteiger partial charge in [0.15, 0.2) is 5.78 Å². The standard InChI is InChI=1S/C19H19N3O2/c1-13-3-2-4-16-17(13)10-15(18(16)23)9-14-11-20-19(21-12-14)22-5-7-24-8-6-22/h2-4,9,11-12H,5-8,10H2,1H3/b15-9+. The van der Waals surface area contributed by atoms with Crippen molar-refractivity contribution in [3.05, 3.63) is 58.4 Å². The van der Waals surface area contributed by atoms with Crippen LogP contribution < -0.4 is 4.90 Å². The Morgan fingerprint density at radius 3 is 2.62 bits per heavy atom. The van der Waals surface area contributed by atoms with Gasteiger partial charge in [-0.25, -0.2) is 9.97 Å². The fourth-order valence-corrected chi connectivity index (χ4v) is 3.24. The third kappa shape index (κ3) is 2.71. The van der Waals surface area contributed by atoms with Crippen LogP contribution in [0, 0.1) is 6.92 Å². The van der Waals surface area contributed by atoms with E-state index < -0.39 is 0 Å². The summed E-state index contributed by atoms with van der Waals surface area (Å²) in [4.78, 5) is 23.5. The monoisotopic (exact) mass is 321 g/mol. The number of rotatable bonds is 2. The predicted molar refractivity (Wildman–Crippen MR) is 92.3 cm³/mol. The molecule has 1 aliphatic carbocycles. The maximum Gasteiger partial charge on any atom is 0.225 e. The summed E-state index contributed by atoms with van der Waals surface area (Å²) in [6, 6.07) is 5.90. The van der Waals surface area contributed by atoms with E-state index in [0.29, 0.717) is 19.6 Å². The van der Waals surface area contributed by atoms with Crippen LogP contribution in [0.4, 0.5) is 5.95 Å². The van der Waals surface area contributed by atoms with E-state index >= 15 is 0 Å². The molecule has 1 aliphatic heterocycles. The molecule has 1 saturated heterocycles. The van der Waals surface area contributed by atoms with Crippen LogP contribution >= 0.6 is 0 Å². The van der Waals surface area contributed by atoms with Crippen LogP contribution in [0.3, 0.4) is 0 Å². The minimum Gasteiger partial charge on any atom is -0.378 e. The minimum atomic E-state index is 0.117. The van der Waals surface area contributed by atoms with Crippen LogP contribution in [0.5, 0.6) is 0 Å². The number of fused-ring (bicyclic) bond motifs is 1. The van der Waals surface area contributed by atoms with E-state index in [0.717, 1.165) is 41.3 Å². The van der Waals surface area contributed by atoms with Gasteiger partial charge in [0, 0.05) is 48.6 Å². The maximum absolute atomic E-state index is 12.5. The lowest BCUT2D eigenvalue weighted by molar-refractivity contribution is 0.104. The van der Waals surface area contributed by atoms with Crippen LogP contribution in [0.25, 0.3) is 6.08 Å². The van der Waals surface area contributed by atoms with Gasteiger partial charge in [-0.3, -0.25) is 4.79 Å². The molecule has 1 fully saturated rings. The minimum absolute atomic E-state index is 0.117. The summed E-state index contributed by atoms with van der Waals surface area (Å²) < 4.78 is 5.34. The zero-order valence-electron chi connectivity index (χ0n) is 13.7. The molecule has 0 atom stereocenters. The molecule has 2 aliphatic rings. The smallest absolute Gasteiger partial charge is 0.225 e. The number of ether oxygens (including phenoxy) is 1. The zero-order valence-corrected chi connectivity index (χ0v) is 13.7. The second-order valence-corrected chi connectivity index (χ2v) is 6.19. The highest BCUT2D eigenvalue weighted by molar-refractivity contribution is 6.15. The summed E-state index contributed by atoms with van der Waals surface area (Å²) in [5, 5.41) is 0. The van der Waals surface area contributed by atoms with Crippen molar-refractivity contribution in [1.82, 2.24) is 9.97 Å². The molecule has 5 nitrogen and oxygen atoms in total. The molecule has 0 radical (unpaired) electrons. The lowest BCUT2D eigenvalue weighted by Crippen LogP contribution is -2.37. The topological polar surface area (TPSA) is 55.3 Å². The Kier molecular flexibility index (Phi) is 3.86. The summed E-state index contributed by atoms with van der Waals surface area (Å²) >= 11 is 0. The van der Waals surface area contributed by atoms with Gasteiger partial charge in [-0.2, -0.15) is 0 Å². The summed E-state index contributed by atoms with van der Waals surface area (Å²) in [5.41, 5.74) is 4.80. The van der Waals surface area contributed by atoms with Gasteiger partial charge in [0.25, 0.3) is 0 Å². The molecule has 5 heteroatoms. The Morgan fingerprint density at radius 1 is 1.17 bits per heavy atom. The molecule has 0 N–H and O–H groups in total. The van der Waals surface area contributed by atoms with Crippen molar-refractivity contribution in [2.45, 2.75) is 13.3 Å². The second-order valence-electron chi connectivity index (χ2n) is 6.19. The van der Waals surface area contributed by atoms with E-state index in [2.05, 4.69) is 27.9 Å². The van der Waals surface area contributed by atoms with Gasteiger partial charge >= 0.3 is 0 Å². The number of aromatic nitrogens is 2. The molecule has 0 spiro atoms. The maximum atomic E-state index is 12.5. The van der Waals surface area contributed by atoms with Crippen LogP contribution in [0.2, 0.25) is 0 Å². The van der Waals surface area contributed by atoms with Crippen molar-refractivity contribution in [3.63, 3.8) is 0 Å². The highest BCUT2D eigenvalue weighted by atomic mass is 16.5. The van der Waals surface area contributed by atoms with E-state index in [9.17, 15) is 4.79 Å². The van der Waals surface area contributed by atoms with Crippen molar-refractivity contribution >= 4 is 17.8 Å². The Morgan fingerprint density at radius 2 is 1.92 bits per heavy atom. The molecule has 1 aromatic carbocycles. The van der Waals surface area contributed by atoms with Crippen molar-refractivity contribution < 1.29 is 9.53 Å². The van der Waals surface area contributed by atoms with Crippen LogP contribution in [0.15, 0.2) is 36.2 Å². The molecule has 0 unspecified atom stereocenters. The number of allylic oxidation sites excluding steroid dienone is 1. The molecule has 2 aromatic rings. The molecular weight excluding hydrogens is 302 g/mol. The van der Waals surface area contributed by atoms with Crippen molar-refractivity contribution in [2.75, 3.05) is 31.2 Å². The van der Waals surface area contributed by atoms with E-state index in [1.807, 2.05) is 18.2 Å². The fraction of sp³-hybridized carbons (Fsp3) is 0.316. The zero-order chi connectivity index (χ0) is 16.5. The highest BCUT2D eigenvalue weighted by Gasteiger charge is 2.25. The third-order valence-electron chi connectivity index (χ3n) is 4.61. The number of aryl methyl sites for hydroxylation is 1. The first kappa shape index (κ1) is 15.0. The number of ketones is 1. The van der Waals surface area contributed by atoms with E-state index in [1.54, 1.807) is 12.4 Å². The molecule has 0 saturated carbocycles. The predicted octanol–water partition coefficient (Wildman–Crippen LogP) is 2.44. The van der Waals surface area contributed by atoms with Gasteiger partial charge in [0.2, 0.25) is 5.95 Å². The number of nitrogens with zero attached hydrogens (tertiary/aromatic N) is 3. The van der Waals surface area contributed by atoms with Gasteiger partial charge in [0.1, 0.15) is 0 Å². The SMILES string of the molecule is Cc1cccc2c1C/C(=C\c1cnc(N3CCOCC3)nc1)C2=O. The van der Waals surface area contributed by atoms with Gasteiger partial charge < -0.3 is 9.64 Å². The normalized spacial score (nSPS) is 19.0. The van der Waals surface area contributed by atoms with Crippen molar-refractivity contribution in [1.29, 1.82) is 0 Å². The average molecular weight is 321 g/mol. The number of anilines is 1. The Balaban J connectivity index is 1.56. The van der Waals surface area contributed by atoms with Gasteiger partial charge in [-0.15, -0.1) is 0 Å². The van der Waals surface area contributed by atoms with Crippen molar-refractivity contribution in [3.8, 4) is 0 Å². The highest BCUT2D eigenvalue weighted by Crippen LogP contribution is 2.29. The average Bonchev–Trinajstić information content (AvgIpc) is 2.94. The number of hydrogen-bond donors (Lipinski definition) is 0. The van der Waals surface area contributed by atoms with Gasteiger partial charge in [-0.1, -0.05) is 18.2 Å². The van der Waals surface area contributed by atoms with Crippen LogP contribution in [-0.4, -0.2) is 42.1 Å². The first-order valence-corrected chi connectivity index (χ1v) is 8.21. The Labute approximate surface area is 141 Å². The number of carbonyl (C=O) groups is 1. The Hall–Kier alpha value is -2.53. The molecule has 24 heavy (non-hydrogen) atoms. The number of benzene rings is 1. The summed E-state index contributed by atoms with van der Waals surface area (Å²) in [6.07, 6.45) is 6.17. The van der Waals surface area contributed by atoms with Gasteiger partial charge in [-0.05, 0) is 24.1 Å². The lowest BCUT2D eigenvalue weighted by Gasteiger charge is -2.26. The van der Waals surface area contributed by atoms with Crippen LogP contribution in [0.1, 0.15) is 27.0 Å². The second kappa shape index (κ2) is 6.17. The van der Waals surface area contributed by atoms with Gasteiger partial charge in [0.05, 0.1) is 13.2 Å². The molecule has 4 rings (SSSR count). The molecular formula is C19H19N3O2. The lowest BCUT2D eigenvalue weighted by atomic mass is 10.0. The van der Waals surface area contributed by atoms with Crippen LogP contribution in [-0.2, 0) is 11.2 Å². The number of hydrogen-bond acceptors (Lipinski definition) is 5. The number of carbonyl (C=O) groups excluding carboxylic acids is 1. The largest absolute Gasteiger partial charge is 0.378 e. The number of morpholine rings is 1. The molecule has 0 bridgehead atoms. The summed E-state index contributed by atoms with van der Waals surface area (Å²) in [7, 11) is 0. The van der Waals surface area contributed by atoms with E-state index in [-0.39, 0.29) is 5.78 Å². The summed E-state index contributed by atoms with van der Waals surface area (Å²) in [5.74, 6) is 0.836. The van der Waals surface area contributed by atoms with E-state index in [1.165, 1.54) is 5.56 Å². The Bertz CT molecular complexity index is 806. The first-order chi connectivity index (χ1) is 11.7. The molecule has 2 heterocycles. The quantitative estimate of drug-likeness (QED) is 0.795. The van der Waals surface area contributed by atoms with Crippen molar-refractivity contribution in [2.24, 2.45) is 0 Å².